The van der Waals surface area contributed by atoms with Gasteiger partial charge in [-0.3, -0.25) is 4.79 Å². The molecule has 26 heavy (non-hydrogen) atoms. The predicted octanol–water partition coefficient (Wildman–Crippen LogP) is 1.70. The maximum Gasteiger partial charge on any atom is 0.251 e. The Kier molecular flexibility index (Phi) is 5.17. The van der Waals surface area contributed by atoms with E-state index < -0.39 is 21.5 Å². The lowest BCUT2D eigenvalue weighted by molar-refractivity contribution is 0.0330. The van der Waals surface area contributed by atoms with E-state index in [9.17, 15) is 18.3 Å². The van der Waals surface area contributed by atoms with Crippen LogP contribution in [-0.2, 0) is 15.6 Å². The molecule has 3 rings (SSSR count). The largest absolute Gasteiger partial charge is 0.466 e. The Morgan fingerprint density at radius 1 is 1.23 bits per heavy atom. The van der Waals surface area contributed by atoms with Gasteiger partial charge >= 0.3 is 0 Å². The Labute approximate surface area is 152 Å². The zero-order chi connectivity index (χ0) is 18.8. The van der Waals surface area contributed by atoms with Crippen LogP contribution in [0.5, 0.6) is 0 Å². The van der Waals surface area contributed by atoms with Crippen LogP contribution in [0.1, 0.15) is 35.9 Å². The zero-order valence-electron chi connectivity index (χ0n) is 14.5. The SMILES string of the molecule is CC(O)(CNC(=O)c1ccc(S(=O)(=O)N2CCCC2)cc1)c1ccco1. The lowest BCUT2D eigenvalue weighted by Crippen LogP contribution is -2.38. The molecular weight excluding hydrogens is 356 g/mol. The summed E-state index contributed by atoms with van der Waals surface area (Å²) < 4.78 is 31.6. The van der Waals surface area contributed by atoms with Crippen molar-refractivity contribution in [2.24, 2.45) is 0 Å². The molecule has 140 valence electrons. The number of nitrogens with one attached hydrogen (secondary N) is 1. The van der Waals surface area contributed by atoms with E-state index in [-0.39, 0.29) is 11.4 Å². The highest BCUT2D eigenvalue weighted by Crippen LogP contribution is 2.22. The van der Waals surface area contributed by atoms with Crippen molar-refractivity contribution in [3.8, 4) is 0 Å². The molecule has 0 saturated carbocycles. The van der Waals surface area contributed by atoms with Gasteiger partial charge in [0.15, 0.2) is 0 Å². The van der Waals surface area contributed by atoms with Gasteiger partial charge in [0.2, 0.25) is 10.0 Å². The number of aliphatic hydroxyl groups is 1. The molecule has 0 radical (unpaired) electrons. The van der Waals surface area contributed by atoms with Gasteiger partial charge < -0.3 is 14.8 Å². The summed E-state index contributed by atoms with van der Waals surface area (Å²) in [4.78, 5) is 12.4. The Morgan fingerprint density at radius 3 is 2.46 bits per heavy atom. The summed E-state index contributed by atoms with van der Waals surface area (Å²) in [5.74, 6) is -0.0493. The molecule has 1 aromatic heterocycles. The average molecular weight is 378 g/mol. The highest BCUT2D eigenvalue weighted by molar-refractivity contribution is 7.89. The Balaban J connectivity index is 1.65. The Bertz CT molecular complexity index is 851. The molecule has 7 nitrogen and oxygen atoms in total. The summed E-state index contributed by atoms with van der Waals surface area (Å²) in [6.07, 6.45) is 3.19. The molecule has 1 aliphatic heterocycles. The second-order valence-corrected chi connectivity index (χ2v) is 8.51. The highest BCUT2D eigenvalue weighted by Gasteiger charge is 2.28. The summed E-state index contributed by atoms with van der Waals surface area (Å²) in [5.41, 5.74) is -1.02. The molecule has 1 aromatic carbocycles. The predicted molar refractivity (Wildman–Crippen MR) is 95.0 cm³/mol. The fraction of sp³-hybridized carbons (Fsp3) is 0.389. The monoisotopic (exact) mass is 378 g/mol. The third-order valence-corrected chi connectivity index (χ3v) is 6.38. The summed E-state index contributed by atoms with van der Waals surface area (Å²) in [7, 11) is -3.50. The van der Waals surface area contributed by atoms with Crippen molar-refractivity contribution in [3.05, 3.63) is 54.0 Å². The van der Waals surface area contributed by atoms with E-state index in [1.54, 1.807) is 12.1 Å². The molecule has 0 bridgehead atoms. The van der Waals surface area contributed by atoms with E-state index in [2.05, 4.69) is 5.32 Å². The molecular formula is C18H22N2O5S. The minimum absolute atomic E-state index is 0.0345. The molecule has 1 atom stereocenters. The molecule has 2 heterocycles. The van der Waals surface area contributed by atoms with E-state index in [1.807, 2.05) is 0 Å². The lowest BCUT2D eigenvalue weighted by atomic mass is 10.0. The van der Waals surface area contributed by atoms with Crippen molar-refractivity contribution < 1.29 is 22.7 Å². The van der Waals surface area contributed by atoms with Crippen LogP contribution in [-0.4, -0.2) is 43.4 Å². The van der Waals surface area contributed by atoms with Crippen molar-refractivity contribution in [1.82, 2.24) is 9.62 Å². The van der Waals surface area contributed by atoms with Crippen LogP contribution in [0.25, 0.3) is 0 Å². The maximum absolute atomic E-state index is 12.5. The van der Waals surface area contributed by atoms with Gasteiger partial charge in [0.25, 0.3) is 5.91 Å². The van der Waals surface area contributed by atoms with Gasteiger partial charge in [0.05, 0.1) is 17.7 Å². The van der Waals surface area contributed by atoms with Crippen molar-refractivity contribution in [2.45, 2.75) is 30.3 Å². The second-order valence-electron chi connectivity index (χ2n) is 6.57. The minimum Gasteiger partial charge on any atom is -0.466 e. The number of amides is 1. The van der Waals surface area contributed by atoms with Crippen molar-refractivity contribution in [3.63, 3.8) is 0 Å². The van der Waals surface area contributed by atoms with Gasteiger partial charge in [-0.2, -0.15) is 4.31 Å². The average Bonchev–Trinajstić information content (AvgIpc) is 3.33. The van der Waals surface area contributed by atoms with Crippen molar-refractivity contribution in [2.75, 3.05) is 19.6 Å². The number of benzene rings is 1. The van der Waals surface area contributed by atoms with Crippen LogP contribution < -0.4 is 5.32 Å². The molecule has 8 heteroatoms. The van der Waals surface area contributed by atoms with Gasteiger partial charge in [-0.25, -0.2) is 8.42 Å². The van der Waals surface area contributed by atoms with Gasteiger partial charge in [0, 0.05) is 18.7 Å². The van der Waals surface area contributed by atoms with Crippen LogP contribution >= 0.6 is 0 Å². The first-order valence-corrected chi connectivity index (χ1v) is 9.89. The standard InChI is InChI=1S/C18H22N2O5S/c1-18(22,16-5-4-12-25-16)13-19-17(21)14-6-8-15(9-7-14)26(23,24)20-10-2-3-11-20/h4-9,12,22H,2-3,10-11,13H2,1H3,(H,19,21). The van der Waals surface area contributed by atoms with E-state index in [1.165, 1.54) is 41.8 Å². The van der Waals surface area contributed by atoms with E-state index in [4.69, 9.17) is 4.42 Å². The highest BCUT2D eigenvalue weighted by atomic mass is 32.2. The molecule has 0 aliphatic carbocycles. The number of hydrogen-bond acceptors (Lipinski definition) is 5. The summed E-state index contributed by atoms with van der Waals surface area (Å²) in [6, 6.07) is 9.11. The zero-order valence-corrected chi connectivity index (χ0v) is 15.3. The number of carbonyl (C=O) groups is 1. The number of furan rings is 1. The molecule has 1 unspecified atom stereocenters. The molecule has 1 saturated heterocycles. The first-order chi connectivity index (χ1) is 12.3. The van der Waals surface area contributed by atoms with Gasteiger partial charge in [-0.15, -0.1) is 0 Å². The summed E-state index contributed by atoms with van der Waals surface area (Å²) in [6.45, 7) is 2.57. The van der Waals surface area contributed by atoms with Gasteiger partial charge in [-0.1, -0.05) is 0 Å². The minimum atomic E-state index is -3.50. The number of sulfonamides is 1. The smallest absolute Gasteiger partial charge is 0.251 e. The number of hydrogen-bond donors (Lipinski definition) is 2. The van der Waals surface area contributed by atoms with Crippen LogP contribution in [0.2, 0.25) is 0 Å². The van der Waals surface area contributed by atoms with Crippen LogP contribution in [0.4, 0.5) is 0 Å². The lowest BCUT2D eigenvalue weighted by Gasteiger charge is -2.21. The first-order valence-electron chi connectivity index (χ1n) is 8.45. The fourth-order valence-corrected chi connectivity index (χ4v) is 4.40. The molecule has 1 amide bonds. The van der Waals surface area contributed by atoms with E-state index in [0.29, 0.717) is 24.4 Å². The quantitative estimate of drug-likeness (QED) is 0.797. The Hall–Kier alpha value is -2.16. The number of nitrogens with zero attached hydrogens (tertiary/aromatic N) is 1. The fourth-order valence-electron chi connectivity index (χ4n) is 2.88. The van der Waals surface area contributed by atoms with Crippen LogP contribution in [0.15, 0.2) is 52.0 Å². The second kappa shape index (κ2) is 7.22. The van der Waals surface area contributed by atoms with E-state index >= 15 is 0 Å². The van der Waals surface area contributed by atoms with Gasteiger partial charge in [0.1, 0.15) is 11.4 Å². The molecule has 2 aromatic rings. The first kappa shape index (κ1) is 18.6. The normalized spacial score (nSPS) is 17.8. The van der Waals surface area contributed by atoms with E-state index in [0.717, 1.165) is 12.8 Å². The van der Waals surface area contributed by atoms with Gasteiger partial charge in [-0.05, 0) is 56.2 Å². The summed E-state index contributed by atoms with van der Waals surface area (Å²) in [5, 5.41) is 13.0. The molecule has 1 aliphatic rings. The number of carbonyl (C=O) groups excluding carboxylic acids is 1. The Morgan fingerprint density at radius 2 is 1.88 bits per heavy atom. The third kappa shape index (κ3) is 3.82. The van der Waals surface area contributed by atoms with Crippen molar-refractivity contribution >= 4 is 15.9 Å². The van der Waals surface area contributed by atoms with Crippen LogP contribution in [0, 0.1) is 0 Å². The summed E-state index contributed by atoms with van der Waals surface area (Å²) >= 11 is 0. The molecule has 2 N–H and O–H groups in total. The molecule has 1 fully saturated rings. The van der Waals surface area contributed by atoms with Crippen molar-refractivity contribution in [1.29, 1.82) is 0 Å². The number of rotatable bonds is 6. The van der Waals surface area contributed by atoms with Crippen LogP contribution in [0.3, 0.4) is 0 Å². The maximum atomic E-state index is 12.5. The molecule has 0 spiro atoms. The topological polar surface area (TPSA) is 99.8 Å². The third-order valence-electron chi connectivity index (χ3n) is 4.46.